The van der Waals surface area contributed by atoms with Crippen molar-refractivity contribution in [3.8, 4) is 0 Å². The van der Waals surface area contributed by atoms with E-state index in [1.807, 2.05) is 6.92 Å². The highest BCUT2D eigenvalue weighted by molar-refractivity contribution is 7.85. The molecule has 0 radical (unpaired) electrons. The van der Waals surface area contributed by atoms with Crippen LogP contribution in [0.4, 0.5) is 0 Å². The molecule has 1 aliphatic rings. The summed E-state index contributed by atoms with van der Waals surface area (Å²) >= 11 is 0. The van der Waals surface area contributed by atoms with Gasteiger partial charge in [-0.05, 0) is 44.7 Å². The minimum atomic E-state index is -4.02. The van der Waals surface area contributed by atoms with Gasteiger partial charge in [0.1, 0.15) is 12.6 Å². The Balaban J connectivity index is 0.000000273. The predicted molar refractivity (Wildman–Crippen MR) is 98.5 cm³/mol. The highest BCUT2D eigenvalue weighted by Gasteiger charge is 2.18. The van der Waals surface area contributed by atoms with E-state index in [-0.39, 0.29) is 29.5 Å². The summed E-state index contributed by atoms with van der Waals surface area (Å²) in [6.07, 6.45) is 5.53. The first-order valence-corrected chi connectivity index (χ1v) is 9.82. The Morgan fingerprint density at radius 1 is 1.27 bits per heavy atom. The number of likely N-dealkylation sites (N-methyl/N-ethyl adjacent to an activating group) is 1. The number of nitrogens with two attached hydrogens (primary N) is 1. The molecule has 1 aromatic carbocycles. The van der Waals surface area contributed by atoms with Gasteiger partial charge in [-0.25, -0.2) is 0 Å². The Hall–Kier alpha value is -2.13. The maximum Gasteiger partial charge on any atom is 0.325 e. The Labute approximate surface area is 154 Å². The number of carbonyl (C=O) groups excluding carboxylic acids is 1. The lowest BCUT2D eigenvalue weighted by atomic mass is 9.98. The van der Waals surface area contributed by atoms with Gasteiger partial charge in [0.25, 0.3) is 10.1 Å². The average molecular weight is 385 g/mol. The number of ether oxygens (including phenoxy) is 1. The minimum Gasteiger partial charge on any atom is -0.461 e. The summed E-state index contributed by atoms with van der Waals surface area (Å²) in [6.45, 7) is 1.90. The molecule has 9 heteroatoms. The number of guanidine groups is 1. The first-order chi connectivity index (χ1) is 12.1. The number of nitrogens with zero attached hydrogens (tertiary/aromatic N) is 1. The van der Waals surface area contributed by atoms with E-state index in [1.165, 1.54) is 23.5 Å². The fourth-order valence-electron chi connectivity index (χ4n) is 2.40. The fourth-order valence-corrected chi connectivity index (χ4v) is 2.88. The zero-order valence-electron chi connectivity index (χ0n) is 15.1. The van der Waals surface area contributed by atoms with Crippen molar-refractivity contribution in [2.24, 2.45) is 5.73 Å². The summed E-state index contributed by atoms with van der Waals surface area (Å²) < 4.78 is 34.8. The number of rotatable bonds is 4. The van der Waals surface area contributed by atoms with E-state index >= 15 is 0 Å². The number of nitrogens with one attached hydrogen (secondary N) is 1. The molecule has 0 unspecified atom stereocenters. The second-order valence-electron chi connectivity index (χ2n) is 6.28. The Kier molecular flexibility index (Phi) is 8.53. The van der Waals surface area contributed by atoms with Crippen molar-refractivity contribution in [3.05, 3.63) is 29.8 Å². The topological polar surface area (TPSA) is 134 Å². The number of hydrogen-bond acceptors (Lipinski definition) is 5. The zero-order chi connectivity index (χ0) is 19.7. The van der Waals surface area contributed by atoms with Crippen LogP contribution in [0.25, 0.3) is 0 Å². The van der Waals surface area contributed by atoms with E-state index in [2.05, 4.69) is 0 Å². The molecule has 8 nitrogen and oxygen atoms in total. The Morgan fingerprint density at radius 3 is 2.27 bits per heavy atom. The molecule has 0 atom stereocenters. The van der Waals surface area contributed by atoms with Gasteiger partial charge in [-0.2, -0.15) is 8.42 Å². The van der Waals surface area contributed by atoms with Gasteiger partial charge in [0, 0.05) is 7.05 Å². The maximum absolute atomic E-state index is 11.4. The third kappa shape index (κ3) is 8.30. The average Bonchev–Trinajstić information content (AvgIpc) is 2.55. The molecular formula is C17H27N3O5S. The Bertz CT molecular complexity index is 698. The molecule has 2 rings (SSSR count). The third-order valence-corrected chi connectivity index (χ3v) is 4.81. The van der Waals surface area contributed by atoms with E-state index in [0.29, 0.717) is 0 Å². The lowest BCUT2D eigenvalue weighted by Gasteiger charge is -2.23. The molecule has 0 bridgehead atoms. The van der Waals surface area contributed by atoms with Gasteiger partial charge in [0.15, 0.2) is 5.96 Å². The van der Waals surface area contributed by atoms with Gasteiger partial charge in [-0.15, -0.1) is 0 Å². The second kappa shape index (κ2) is 10.1. The number of carbonyl (C=O) groups is 1. The van der Waals surface area contributed by atoms with Crippen LogP contribution in [0.3, 0.4) is 0 Å². The molecule has 1 fully saturated rings. The van der Waals surface area contributed by atoms with Crippen LogP contribution < -0.4 is 5.73 Å². The molecule has 0 amide bonds. The van der Waals surface area contributed by atoms with E-state index in [4.69, 9.17) is 20.4 Å². The van der Waals surface area contributed by atoms with Crippen molar-refractivity contribution in [1.82, 2.24) is 4.90 Å². The van der Waals surface area contributed by atoms with Gasteiger partial charge in [-0.1, -0.05) is 24.1 Å². The monoisotopic (exact) mass is 385 g/mol. The summed E-state index contributed by atoms with van der Waals surface area (Å²) in [6, 6.07) is 5.99. The van der Waals surface area contributed by atoms with Crippen LogP contribution >= 0.6 is 0 Å². The molecule has 4 N–H and O–H groups in total. The van der Waals surface area contributed by atoms with Crippen molar-refractivity contribution in [3.63, 3.8) is 0 Å². The normalized spacial score (nSPS) is 14.7. The minimum absolute atomic E-state index is 0.0613. The smallest absolute Gasteiger partial charge is 0.325 e. The molecule has 0 saturated heterocycles. The van der Waals surface area contributed by atoms with Crippen molar-refractivity contribution >= 4 is 22.0 Å². The predicted octanol–water partition coefficient (Wildman–Crippen LogP) is 1.93. The van der Waals surface area contributed by atoms with Gasteiger partial charge in [0.2, 0.25) is 0 Å². The van der Waals surface area contributed by atoms with Crippen LogP contribution in [0.15, 0.2) is 29.2 Å². The number of esters is 1. The van der Waals surface area contributed by atoms with Crippen LogP contribution in [-0.2, 0) is 19.6 Å². The molecular weight excluding hydrogens is 358 g/mol. The van der Waals surface area contributed by atoms with Crippen LogP contribution in [0, 0.1) is 12.3 Å². The largest absolute Gasteiger partial charge is 0.461 e. The zero-order valence-corrected chi connectivity index (χ0v) is 16.0. The molecule has 1 aliphatic carbocycles. The van der Waals surface area contributed by atoms with E-state index < -0.39 is 10.1 Å². The SMILES string of the molecule is CN(CC(=O)OC1CCCCC1)C(=N)N.Cc1ccc(S(=O)(=O)O)cc1. The summed E-state index contributed by atoms with van der Waals surface area (Å²) in [5.41, 5.74) is 6.17. The molecule has 0 aliphatic heterocycles. The third-order valence-electron chi connectivity index (χ3n) is 3.95. The van der Waals surface area contributed by atoms with Crippen LogP contribution in [0.2, 0.25) is 0 Å². The lowest BCUT2D eigenvalue weighted by Crippen LogP contribution is -2.38. The van der Waals surface area contributed by atoms with Crippen LogP contribution in [-0.4, -0.2) is 49.5 Å². The quantitative estimate of drug-likeness (QED) is 0.312. The Morgan fingerprint density at radius 2 is 1.81 bits per heavy atom. The molecule has 26 heavy (non-hydrogen) atoms. The summed E-state index contributed by atoms with van der Waals surface area (Å²) in [7, 11) is -2.42. The van der Waals surface area contributed by atoms with Gasteiger partial charge >= 0.3 is 5.97 Å². The lowest BCUT2D eigenvalue weighted by molar-refractivity contribution is -0.150. The summed E-state index contributed by atoms with van der Waals surface area (Å²) in [5, 5.41) is 7.11. The number of benzene rings is 1. The molecule has 0 aromatic heterocycles. The van der Waals surface area contributed by atoms with Gasteiger partial charge in [-0.3, -0.25) is 14.8 Å². The van der Waals surface area contributed by atoms with Crippen LogP contribution in [0.5, 0.6) is 0 Å². The standard InChI is InChI=1S/C10H19N3O2.C7H8O3S/c1-13(10(11)12)7-9(14)15-8-5-3-2-4-6-8;1-6-2-4-7(5-3-6)11(8,9)10/h8H,2-7H2,1H3,(H3,11,12);2-5H,1H3,(H,8,9,10). The van der Waals surface area contributed by atoms with E-state index in [9.17, 15) is 13.2 Å². The van der Waals surface area contributed by atoms with E-state index in [0.717, 1.165) is 31.2 Å². The van der Waals surface area contributed by atoms with Crippen molar-refractivity contribution in [2.75, 3.05) is 13.6 Å². The number of aryl methyl sites for hydroxylation is 1. The van der Waals surface area contributed by atoms with Gasteiger partial charge < -0.3 is 15.4 Å². The van der Waals surface area contributed by atoms with Crippen LogP contribution in [0.1, 0.15) is 37.7 Å². The fraction of sp³-hybridized carbons (Fsp3) is 0.529. The van der Waals surface area contributed by atoms with Crippen molar-refractivity contribution in [2.45, 2.75) is 50.0 Å². The highest BCUT2D eigenvalue weighted by atomic mass is 32.2. The number of hydrogen-bond donors (Lipinski definition) is 3. The molecule has 1 saturated carbocycles. The van der Waals surface area contributed by atoms with Gasteiger partial charge in [0.05, 0.1) is 4.90 Å². The first kappa shape index (κ1) is 21.9. The van der Waals surface area contributed by atoms with E-state index in [1.54, 1.807) is 19.2 Å². The summed E-state index contributed by atoms with van der Waals surface area (Å²) in [5.74, 6) is -0.407. The molecule has 0 spiro atoms. The second-order valence-corrected chi connectivity index (χ2v) is 7.70. The van der Waals surface area contributed by atoms with Crippen molar-refractivity contribution in [1.29, 1.82) is 5.41 Å². The molecule has 1 aromatic rings. The highest BCUT2D eigenvalue weighted by Crippen LogP contribution is 2.20. The maximum atomic E-state index is 11.4. The molecule has 146 valence electrons. The first-order valence-electron chi connectivity index (χ1n) is 8.38. The summed E-state index contributed by atoms with van der Waals surface area (Å²) in [4.78, 5) is 12.7. The molecule has 0 heterocycles. The van der Waals surface area contributed by atoms with Crippen molar-refractivity contribution < 1.29 is 22.5 Å².